The van der Waals surface area contributed by atoms with Gasteiger partial charge in [-0.05, 0) is 42.5 Å². The van der Waals surface area contributed by atoms with Gasteiger partial charge in [0.2, 0.25) is 0 Å². The molecule has 1 heterocycles. The summed E-state index contributed by atoms with van der Waals surface area (Å²) in [7, 11) is 1.30. The van der Waals surface area contributed by atoms with E-state index in [2.05, 4.69) is 4.74 Å². The number of carbonyl (C=O) groups excluding carboxylic acids is 1. The van der Waals surface area contributed by atoms with Crippen molar-refractivity contribution in [2.45, 2.75) is 0 Å². The van der Waals surface area contributed by atoms with Crippen molar-refractivity contribution in [2.75, 3.05) is 7.11 Å². The van der Waals surface area contributed by atoms with Crippen LogP contribution in [0.4, 0.5) is 0 Å². The lowest BCUT2D eigenvalue weighted by atomic mass is 10.2. The molecule has 0 aliphatic carbocycles. The molecule has 0 amide bonds. The average Bonchev–Trinajstić information content (AvgIpc) is 2.82. The van der Waals surface area contributed by atoms with Crippen LogP contribution < -0.4 is 5.76 Å². The maximum Gasteiger partial charge on any atom is 0.424 e. The zero-order valence-corrected chi connectivity index (χ0v) is 11.8. The van der Waals surface area contributed by atoms with Gasteiger partial charge in [-0.2, -0.15) is 0 Å². The van der Waals surface area contributed by atoms with E-state index in [1.54, 1.807) is 42.5 Å². The number of benzene rings is 2. The Kier molecular flexibility index (Phi) is 3.27. The summed E-state index contributed by atoms with van der Waals surface area (Å²) in [4.78, 5) is 23.6. The second-order valence-electron chi connectivity index (χ2n) is 4.35. The van der Waals surface area contributed by atoms with Crippen LogP contribution in [0.25, 0.3) is 16.8 Å². The lowest BCUT2D eigenvalue weighted by molar-refractivity contribution is 0.0601. The number of methoxy groups -OCH3 is 1. The van der Waals surface area contributed by atoms with Crippen molar-refractivity contribution in [3.8, 4) is 5.69 Å². The molecule has 0 saturated heterocycles. The van der Waals surface area contributed by atoms with Gasteiger partial charge < -0.3 is 9.15 Å². The molecule has 3 aromatic rings. The molecule has 0 radical (unpaired) electrons. The third-order valence-corrected chi connectivity index (χ3v) is 3.34. The first-order valence-electron chi connectivity index (χ1n) is 6.10. The molecule has 0 atom stereocenters. The Morgan fingerprint density at radius 1 is 1.19 bits per heavy atom. The molecule has 0 bridgehead atoms. The summed E-state index contributed by atoms with van der Waals surface area (Å²) in [5.41, 5.74) is 1.83. The zero-order valence-electron chi connectivity index (χ0n) is 11.0. The number of ether oxygens (including phenoxy) is 1. The Morgan fingerprint density at radius 3 is 2.57 bits per heavy atom. The summed E-state index contributed by atoms with van der Waals surface area (Å²) in [5.74, 6) is -1.01. The SMILES string of the molecule is COC(=O)c1ccc2oc(=O)n(-c3ccc(Cl)cc3)c2c1. The Bertz CT molecular complexity index is 877. The predicted octanol–water partition coefficient (Wildman–Crippen LogP) is 3.02. The van der Waals surface area contributed by atoms with Crippen molar-refractivity contribution >= 4 is 28.7 Å². The van der Waals surface area contributed by atoms with Crippen LogP contribution in [0.3, 0.4) is 0 Å². The number of rotatable bonds is 2. The second-order valence-corrected chi connectivity index (χ2v) is 4.79. The van der Waals surface area contributed by atoms with Crippen molar-refractivity contribution in [1.29, 1.82) is 0 Å². The molecule has 0 aliphatic rings. The Hall–Kier alpha value is -2.53. The molecule has 106 valence electrons. The Labute approximate surface area is 124 Å². The lowest BCUT2D eigenvalue weighted by Crippen LogP contribution is -2.11. The lowest BCUT2D eigenvalue weighted by Gasteiger charge is -2.03. The summed E-state index contributed by atoms with van der Waals surface area (Å²) in [5, 5.41) is 0.565. The number of oxazole rings is 1. The number of carbonyl (C=O) groups is 1. The van der Waals surface area contributed by atoms with Gasteiger partial charge in [0.1, 0.15) is 0 Å². The Morgan fingerprint density at radius 2 is 1.90 bits per heavy atom. The van der Waals surface area contributed by atoms with Crippen molar-refractivity contribution in [1.82, 2.24) is 4.57 Å². The molecule has 5 nitrogen and oxygen atoms in total. The molecule has 21 heavy (non-hydrogen) atoms. The molecule has 6 heteroatoms. The van der Waals surface area contributed by atoms with Gasteiger partial charge in [0.25, 0.3) is 0 Å². The summed E-state index contributed by atoms with van der Waals surface area (Å²) in [6.45, 7) is 0. The fraction of sp³-hybridized carbons (Fsp3) is 0.0667. The molecule has 3 rings (SSSR count). The molecule has 1 aromatic heterocycles. The zero-order chi connectivity index (χ0) is 15.0. The van der Waals surface area contributed by atoms with Gasteiger partial charge >= 0.3 is 11.7 Å². The van der Waals surface area contributed by atoms with Crippen molar-refractivity contribution in [2.24, 2.45) is 0 Å². The van der Waals surface area contributed by atoms with Crippen LogP contribution in [-0.2, 0) is 4.74 Å². The van der Waals surface area contributed by atoms with Crippen molar-refractivity contribution < 1.29 is 13.9 Å². The number of hydrogen-bond donors (Lipinski definition) is 0. The van der Waals surface area contributed by atoms with Crippen LogP contribution in [0, 0.1) is 0 Å². The highest BCUT2D eigenvalue weighted by molar-refractivity contribution is 6.30. The standard InChI is InChI=1S/C15H10ClNO4/c1-20-14(18)9-2-7-13-12(8-9)17(15(19)21-13)11-5-3-10(16)4-6-11/h2-8H,1H3. The third-order valence-electron chi connectivity index (χ3n) is 3.09. The highest BCUT2D eigenvalue weighted by Crippen LogP contribution is 2.20. The first-order chi connectivity index (χ1) is 10.1. The highest BCUT2D eigenvalue weighted by Gasteiger charge is 2.14. The van der Waals surface area contributed by atoms with Gasteiger partial charge in [-0.25, -0.2) is 14.2 Å². The van der Waals surface area contributed by atoms with Crippen LogP contribution in [0.2, 0.25) is 5.02 Å². The monoisotopic (exact) mass is 303 g/mol. The second kappa shape index (κ2) is 5.10. The molecule has 0 spiro atoms. The number of fused-ring (bicyclic) bond motifs is 1. The van der Waals surface area contributed by atoms with E-state index in [0.29, 0.717) is 27.4 Å². The minimum Gasteiger partial charge on any atom is -0.465 e. The van der Waals surface area contributed by atoms with Gasteiger partial charge in [-0.1, -0.05) is 11.6 Å². The normalized spacial score (nSPS) is 10.8. The molecule has 2 aromatic carbocycles. The molecule has 0 unspecified atom stereocenters. The topological polar surface area (TPSA) is 61.4 Å². The summed E-state index contributed by atoms with van der Waals surface area (Å²) in [6, 6.07) is 11.4. The van der Waals surface area contributed by atoms with E-state index >= 15 is 0 Å². The molecular formula is C15H10ClNO4. The van der Waals surface area contributed by atoms with E-state index in [-0.39, 0.29) is 0 Å². The molecule has 0 N–H and O–H groups in total. The molecule has 0 fully saturated rings. The van der Waals surface area contributed by atoms with Gasteiger partial charge in [0.15, 0.2) is 5.58 Å². The number of esters is 1. The van der Waals surface area contributed by atoms with E-state index in [0.717, 1.165) is 0 Å². The Balaban J connectivity index is 2.26. The maximum atomic E-state index is 12.0. The van der Waals surface area contributed by atoms with E-state index in [1.165, 1.54) is 11.7 Å². The van der Waals surface area contributed by atoms with Gasteiger partial charge in [-0.15, -0.1) is 0 Å². The van der Waals surface area contributed by atoms with Crippen molar-refractivity contribution in [3.63, 3.8) is 0 Å². The first kappa shape index (κ1) is 13.5. The molecule has 0 aliphatic heterocycles. The van der Waals surface area contributed by atoms with Gasteiger partial charge in [0.05, 0.1) is 23.9 Å². The van der Waals surface area contributed by atoms with E-state index in [1.807, 2.05) is 0 Å². The average molecular weight is 304 g/mol. The number of hydrogen-bond acceptors (Lipinski definition) is 4. The summed E-state index contributed by atoms with van der Waals surface area (Å²) in [6.07, 6.45) is 0. The van der Waals surface area contributed by atoms with Gasteiger partial charge in [-0.3, -0.25) is 0 Å². The fourth-order valence-electron chi connectivity index (χ4n) is 2.10. The number of nitrogens with zero attached hydrogens (tertiary/aromatic N) is 1. The van der Waals surface area contributed by atoms with Crippen LogP contribution in [0.5, 0.6) is 0 Å². The van der Waals surface area contributed by atoms with E-state index < -0.39 is 11.7 Å². The van der Waals surface area contributed by atoms with Crippen LogP contribution in [-0.4, -0.2) is 17.6 Å². The summed E-state index contributed by atoms with van der Waals surface area (Å²) >= 11 is 5.84. The van der Waals surface area contributed by atoms with Crippen LogP contribution >= 0.6 is 11.6 Å². The quantitative estimate of drug-likeness (QED) is 0.683. The number of halogens is 1. The highest BCUT2D eigenvalue weighted by atomic mass is 35.5. The third kappa shape index (κ3) is 2.32. The summed E-state index contributed by atoms with van der Waals surface area (Å²) < 4.78 is 11.2. The van der Waals surface area contributed by atoms with E-state index in [9.17, 15) is 9.59 Å². The van der Waals surface area contributed by atoms with Crippen molar-refractivity contribution in [3.05, 3.63) is 63.6 Å². The predicted molar refractivity (Wildman–Crippen MR) is 78.2 cm³/mol. The first-order valence-corrected chi connectivity index (χ1v) is 6.48. The minimum absolute atomic E-state index is 0.341. The number of aromatic nitrogens is 1. The minimum atomic E-state index is -0.533. The van der Waals surface area contributed by atoms with Gasteiger partial charge in [0, 0.05) is 5.02 Å². The largest absolute Gasteiger partial charge is 0.465 e. The van der Waals surface area contributed by atoms with E-state index in [4.69, 9.17) is 16.0 Å². The van der Waals surface area contributed by atoms with Crippen LogP contribution in [0.15, 0.2) is 51.7 Å². The smallest absolute Gasteiger partial charge is 0.424 e. The molecule has 0 saturated carbocycles. The maximum absolute atomic E-state index is 12.0. The van der Waals surface area contributed by atoms with Crippen LogP contribution in [0.1, 0.15) is 10.4 Å². The molecular weight excluding hydrogens is 294 g/mol. The fourth-order valence-corrected chi connectivity index (χ4v) is 2.22.